The summed E-state index contributed by atoms with van der Waals surface area (Å²) in [6.45, 7) is -2.63. The number of aromatic nitrogens is 5. The number of thioether (sulfide) groups is 1. The van der Waals surface area contributed by atoms with Crippen LogP contribution in [0.4, 0.5) is 8.78 Å². The predicted molar refractivity (Wildman–Crippen MR) is 109 cm³/mol. The summed E-state index contributed by atoms with van der Waals surface area (Å²) in [6, 6.07) is 17.3. The van der Waals surface area contributed by atoms with Crippen molar-refractivity contribution >= 4 is 23.4 Å². The maximum atomic E-state index is 13.1. The topological polar surface area (TPSA) is 48.5 Å². The average molecular weight is 432 g/mol. The van der Waals surface area contributed by atoms with E-state index in [0.29, 0.717) is 16.6 Å². The summed E-state index contributed by atoms with van der Waals surface area (Å²) in [6.07, 6.45) is 3.22. The van der Waals surface area contributed by atoms with Gasteiger partial charge in [-0.05, 0) is 29.8 Å². The van der Waals surface area contributed by atoms with Gasteiger partial charge < -0.3 is 0 Å². The lowest BCUT2D eigenvalue weighted by Crippen LogP contribution is -2.05. The molecule has 0 N–H and O–H groups in total. The minimum atomic E-state index is -2.63. The van der Waals surface area contributed by atoms with Gasteiger partial charge in [0.05, 0.1) is 5.75 Å². The van der Waals surface area contributed by atoms with Gasteiger partial charge in [0.2, 0.25) is 0 Å². The summed E-state index contributed by atoms with van der Waals surface area (Å²) in [5.74, 6) is 1.27. The maximum Gasteiger partial charge on any atom is 0.319 e. The Morgan fingerprint density at radius 2 is 1.72 bits per heavy atom. The molecule has 0 radical (unpaired) electrons. The molecule has 0 saturated carbocycles. The normalized spacial score (nSPS) is 11.3. The van der Waals surface area contributed by atoms with Gasteiger partial charge in [0, 0.05) is 29.5 Å². The Labute approximate surface area is 175 Å². The molecular weight excluding hydrogens is 416 g/mol. The Hall–Kier alpha value is -2.71. The van der Waals surface area contributed by atoms with E-state index in [1.165, 1.54) is 24.2 Å². The van der Waals surface area contributed by atoms with Crippen molar-refractivity contribution < 1.29 is 8.78 Å². The maximum absolute atomic E-state index is 13.1. The summed E-state index contributed by atoms with van der Waals surface area (Å²) >= 11 is 7.34. The van der Waals surface area contributed by atoms with Crippen LogP contribution in [0, 0.1) is 0 Å². The van der Waals surface area contributed by atoms with Crippen molar-refractivity contribution in [2.45, 2.75) is 23.9 Å². The standard InChI is InChI=1S/C20H16ClF2N5S/c21-15-6-8-16(9-7-15)28-17(12-14-4-2-1-3-5-14)25-26-20(28)29-13-18-24-10-11-27(18)19(22)23/h1-11,19H,12-13H2. The highest BCUT2D eigenvalue weighted by atomic mass is 35.5. The van der Waals surface area contributed by atoms with Crippen LogP contribution in [0.3, 0.4) is 0 Å². The van der Waals surface area contributed by atoms with Crippen molar-refractivity contribution in [2.24, 2.45) is 0 Å². The molecule has 0 spiro atoms. The van der Waals surface area contributed by atoms with Gasteiger partial charge in [-0.15, -0.1) is 10.2 Å². The van der Waals surface area contributed by atoms with E-state index in [4.69, 9.17) is 11.6 Å². The van der Waals surface area contributed by atoms with E-state index in [2.05, 4.69) is 15.2 Å². The van der Waals surface area contributed by atoms with Gasteiger partial charge in [0.15, 0.2) is 5.16 Å². The highest BCUT2D eigenvalue weighted by Gasteiger charge is 2.17. The highest BCUT2D eigenvalue weighted by Crippen LogP contribution is 2.27. The number of nitrogens with zero attached hydrogens (tertiary/aromatic N) is 5. The molecule has 0 aliphatic carbocycles. The molecule has 9 heteroatoms. The average Bonchev–Trinajstić information content (AvgIpc) is 3.35. The van der Waals surface area contributed by atoms with Crippen molar-refractivity contribution in [3.05, 3.63) is 89.2 Å². The predicted octanol–water partition coefficient (Wildman–Crippen LogP) is 5.40. The fraction of sp³-hybridized carbons (Fsp3) is 0.150. The van der Waals surface area contributed by atoms with Crippen LogP contribution < -0.4 is 0 Å². The number of benzene rings is 2. The van der Waals surface area contributed by atoms with Gasteiger partial charge in [-0.1, -0.05) is 53.7 Å². The molecule has 2 aromatic carbocycles. The van der Waals surface area contributed by atoms with Crippen LogP contribution in [0.25, 0.3) is 5.69 Å². The first-order valence-corrected chi connectivity index (χ1v) is 10.1. The lowest BCUT2D eigenvalue weighted by Gasteiger charge is -2.11. The summed E-state index contributed by atoms with van der Waals surface area (Å²) in [5.41, 5.74) is 1.95. The first-order chi connectivity index (χ1) is 14.1. The smallest absolute Gasteiger partial charge is 0.277 e. The molecule has 0 saturated heterocycles. The van der Waals surface area contributed by atoms with E-state index in [0.717, 1.165) is 21.6 Å². The van der Waals surface area contributed by atoms with Crippen LogP contribution in [0.2, 0.25) is 5.02 Å². The van der Waals surface area contributed by atoms with Crippen LogP contribution >= 0.6 is 23.4 Å². The molecule has 4 rings (SSSR count). The molecule has 29 heavy (non-hydrogen) atoms. The van der Waals surface area contributed by atoms with Crippen LogP contribution in [-0.4, -0.2) is 24.3 Å². The molecule has 5 nitrogen and oxygen atoms in total. The largest absolute Gasteiger partial charge is 0.319 e. The molecule has 2 heterocycles. The number of hydrogen-bond acceptors (Lipinski definition) is 4. The van der Waals surface area contributed by atoms with Crippen molar-refractivity contribution in [1.82, 2.24) is 24.3 Å². The lowest BCUT2D eigenvalue weighted by atomic mass is 10.1. The molecule has 148 valence electrons. The van der Waals surface area contributed by atoms with E-state index in [1.54, 1.807) is 12.1 Å². The molecule has 2 aromatic heterocycles. The Kier molecular flexibility index (Phi) is 5.92. The van der Waals surface area contributed by atoms with Gasteiger partial charge in [0.1, 0.15) is 11.6 Å². The summed E-state index contributed by atoms with van der Waals surface area (Å²) in [5, 5.41) is 9.88. The zero-order valence-electron chi connectivity index (χ0n) is 15.1. The second-order valence-corrected chi connectivity index (χ2v) is 7.57. The summed E-state index contributed by atoms with van der Waals surface area (Å²) in [7, 11) is 0. The minimum absolute atomic E-state index is 0.244. The van der Waals surface area contributed by atoms with Gasteiger partial charge in [-0.2, -0.15) is 8.78 Å². The van der Waals surface area contributed by atoms with Gasteiger partial charge in [-0.3, -0.25) is 9.13 Å². The zero-order valence-corrected chi connectivity index (χ0v) is 16.7. The third-order valence-electron chi connectivity index (χ3n) is 4.28. The monoisotopic (exact) mass is 431 g/mol. The molecule has 0 atom stereocenters. The van der Waals surface area contributed by atoms with Gasteiger partial charge in [-0.25, -0.2) is 4.98 Å². The molecular formula is C20H16ClF2N5S. The zero-order chi connectivity index (χ0) is 20.2. The number of imidazole rings is 1. The van der Waals surface area contributed by atoms with Crippen LogP contribution in [0.5, 0.6) is 0 Å². The van der Waals surface area contributed by atoms with Crippen molar-refractivity contribution in [1.29, 1.82) is 0 Å². The molecule has 0 amide bonds. The first kappa shape index (κ1) is 19.6. The second kappa shape index (κ2) is 8.75. The Morgan fingerprint density at radius 1 is 0.966 bits per heavy atom. The number of halogens is 3. The molecule has 0 unspecified atom stereocenters. The number of rotatable bonds is 7. The second-order valence-electron chi connectivity index (χ2n) is 6.19. The van der Waals surface area contributed by atoms with Crippen molar-refractivity contribution in [3.63, 3.8) is 0 Å². The molecule has 0 aliphatic rings. The fourth-order valence-electron chi connectivity index (χ4n) is 2.90. The van der Waals surface area contributed by atoms with E-state index in [-0.39, 0.29) is 11.6 Å². The number of hydrogen-bond donors (Lipinski definition) is 0. The van der Waals surface area contributed by atoms with Crippen molar-refractivity contribution in [2.75, 3.05) is 0 Å². The minimum Gasteiger partial charge on any atom is -0.277 e. The fourth-order valence-corrected chi connectivity index (χ4v) is 3.94. The van der Waals surface area contributed by atoms with Crippen LogP contribution in [-0.2, 0) is 12.2 Å². The SMILES string of the molecule is FC(F)n1ccnc1CSc1nnc(Cc2ccccc2)n1-c1ccc(Cl)cc1. The van der Waals surface area contributed by atoms with E-state index >= 15 is 0 Å². The van der Waals surface area contributed by atoms with E-state index < -0.39 is 6.55 Å². The third-order valence-corrected chi connectivity index (χ3v) is 5.46. The molecule has 4 aromatic rings. The Bertz CT molecular complexity index is 1080. The van der Waals surface area contributed by atoms with Gasteiger partial charge in [0.25, 0.3) is 0 Å². The molecule has 0 bridgehead atoms. The lowest BCUT2D eigenvalue weighted by molar-refractivity contribution is 0.0678. The van der Waals surface area contributed by atoms with E-state index in [9.17, 15) is 8.78 Å². The van der Waals surface area contributed by atoms with Crippen molar-refractivity contribution in [3.8, 4) is 5.69 Å². The first-order valence-electron chi connectivity index (χ1n) is 8.78. The summed E-state index contributed by atoms with van der Waals surface area (Å²) < 4.78 is 28.9. The Balaban J connectivity index is 1.66. The third kappa shape index (κ3) is 4.49. The van der Waals surface area contributed by atoms with E-state index in [1.807, 2.05) is 47.0 Å². The molecule has 0 fully saturated rings. The number of alkyl halides is 2. The van der Waals surface area contributed by atoms with Crippen LogP contribution in [0.15, 0.2) is 72.1 Å². The summed E-state index contributed by atoms with van der Waals surface area (Å²) in [4.78, 5) is 4.03. The highest BCUT2D eigenvalue weighted by molar-refractivity contribution is 7.98. The Morgan fingerprint density at radius 3 is 2.45 bits per heavy atom. The quantitative estimate of drug-likeness (QED) is 0.368. The molecule has 0 aliphatic heterocycles. The van der Waals surface area contributed by atoms with Gasteiger partial charge >= 0.3 is 6.55 Å². The van der Waals surface area contributed by atoms with Crippen LogP contribution in [0.1, 0.15) is 23.8 Å².